The number of fused-ring (bicyclic) bond motifs is 1. The SMILES string of the molecule is CNc1ccc(C(=O)N2CCCC[C@H]2c2cc3cc(N4CC[C@H](N)C4)c(C)cn3n2)cc1N. The van der Waals surface area contributed by atoms with Crippen LogP contribution < -0.4 is 21.7 Å². The van der Waals surface area contributed by atoms with Gasteiger partial charge in [-0.1, -0.05) is 0 Å². The van der Waals surface area contributed by atoms with E-state index in [1.165, 1.54) is 11.3 Å². The number of carbonyl (C=O) groups excluding carboxylic acids is 1. The van der Waals surface area contributed by atoms with E-state index >= 15 is 0 Å². The molecule has 8 heteroatoms. The molecule has 0 saturated carbocycles. The van der Waals surface area contributed by atoms with E-state index in [1.807, 2.05) is 28.6 Å². The fraction of sp³-hybridized carbons (Fsp3) is 0.440. The lowest BCUT2D eigenvalue weighted by atomic mass is 9.98. The number of nitrogen functional groups attached to an aromatic ring is 1. The normalized spacial score (nSPS) is 21.1. The first kappa shape index (κ1) is 21.6. The molecule has 2 aliphatic heterocycles. The number of aryl methyl sites for hydroxylation is 1. The van der Waals surface area contributed by atoms with Gasteiger partial charge in [0.05, 0.1) is 28.6 Å². The molecule has 5 N–H and O–H groups in total. The quantitative estimate of drug-likeness (QED) is 0.531. The smallest absolute Gasteiger partial charge is 0.254 e. The number of hydrogen-bond donors (Lipinski definition) is 3. The van der Waals surface area contributed by atoms with Crippen molar-refractivity contribution in [2.45, 2.75) is 44.7 Å². The first-order chi connectivity index (χ1) is 15.9. The average molecular weight is 448 g/mol. The van der Waals surface area contributed by atoms with Crippen LogP contribution in [-0.2, 0) is 0 Å². The molecule has 2 aromatic heterocycles. The molecule has 2 aliphatic rings. The van der Waals surface area contributed by atoms with Gasteiger partial charge in [0, 0.05) is 50.2 Å². The summed E-state index contributed by atoms with van der Waals surface area (Å²) in [5, 5.41) is 7.95. The minimum atomic E-state index is -0.0414. The third kappa shape index (κ3) is 3.99. The summed E-state index contributed by atoms with van der Waals surface area (Å²) in [5.41, 5.74) is 18.7. The van der Waals surface area contributed by atoms with Gasteiger partial charge in [-0.2, -0.15) is 5.10 Å². The van der Waals surface area contributed by atoms with Crippen LogP contribution in [0.2, 0.25) is 0 Å². The Bertz CT molecular complexity index is 1190. The summed E-state index contributed by atoms with van der Waals surface area (Å²) in [6, 6.07) is 10.0. The van der Waals surface area contributed by atoms with E-state index < -0.39 is 0 Å². The van der Waals surface area contributed by atoms with Crippen LogP contribution in [0.25, 0.3) is 5.52 Å². The zero-order chi connectivity index (χ0) is 23.1. The number of likely N-dealkylation sites (tertiary alicyclic amines) is 1. The first-order valence-electron chi connectivity index (χ1n) is 11.8. The van der Waals surface area contributed by atoms with Gasteiger partial charge in [0.25, 0.3) is 5.91 Å². The summed E-state index contributed by atoms with van der Waals surface area (Å²) >= 11 is 0. The van der Waals surface area contributed by atoms with Gasteiger partial charge in [-0.25, -0.2) is 4.52 Å². The molecule has 3 aromatic rings. The molecule has 2 fully saturated rings. The summed E-state index contributed by atoms with van der Waals surface area (Å²) in [7, 11) is 1.82. The van der Waals surface area contributed by atoms with E-state index in [-0.39, 0.29) is 18.0 Å². The van der Waals surface area contributed by atoms with Crippen molar-refractivity contribution < 1.29 is 4.79 Å². The number of aromatic nitrogens is 2. The van der Waals surface area contributed by atoms with Crippen molar-refractivity contribution in [3.8, 4) is 0 Å². The number of carbonyl (C=O) groups is 1. The molecule has 4 heterocycles. The lowest BCUT2D eigenvalue weighted by molar-refractivity contribution is 0.0606. The van der Waals surface area contributed by atoms with Crippen molar-refractivity contribution >= 4 is 28.5 Å². The number of nitrogens with one attached hydrogen (secondary N) is 1. The second-order valence-corrected chi connectivity index (χ2v) is 9.34. The van der Waals surface area contributed by atoms with Gasteiger partial charge in [0.2, 0.25) is 0 Å². The van der Waals surface area contributed by atoms with Gasteiger partial charge in [0.1, 0.15) is 0 Å². The first-order valence-corrected chi connectivity index (χ1v) is 11.8. The largest absolute Gasteiger partial charge is 0.397 e. The minimum Gasteiger partial charge on any atom is -0.397 e. The molecular weight excluding hydrogens is 414 g/mol. The van der Waals surface area contributed by atoms with Crippen LogP contribution in [0.3, 0.4) is 0 Å². The monoisotopic (exact) mass is 447 g/mol. The van der Waals surface area contributed by atoms with Gasteiger partial charge in [-0.15, -0.1) is 0 Å². The fourth-order valence-corrected chi connectivity index (χ4v) is 5.22. The highest BCUT2D eigenvalue weighted by Crippen LogP contribution is 2.34. The Morgan fingerprint density at radius 1 is 1.15 bits per heavy atom. The van der Waals surface area contributed by atoms with E-state index in [2.05, 4.69) is 35.5 Å². The molecule has 8 nitrogen and oxygen atoms in total. The molecule has 2 atom stereocenters. The van der Waals surface area contributed by atoms with Crippen LogP contribution in [0.15, 0.2) is 36.5 Å². The van der Waals surface area contributed by atoms with Crippen molar-refractivity contribution in [1.82, 2.24) is 14.5 Å². The molecule has 1 amide bonds. The Morgan fingerprint density at radius 3 is 2.73 bits per heavy atom. The van der Waals surface area contributed by atoms with Crippen molar-refractivity contribution in [2.75, 3.05) is 42.6 Å². The molecule has 0 radical (unpaired) electrons. The molecule has 33 heavy (non-hydrogen) atoms. The van der Waals surface area contributed by atoms with E-state index in [0.29, 0.717) is 11.3 Å². The maximum Gasteiger partial charge on any atom is 0.254 e. The standard InChI is InChI=1S/C25H33N7O/c1-16-14-32-19(13-24(16)30-10-8-18(26)15-30)12-22(29-32)23-5-3-4-9-31(23)25(33)17-6-7-21(28-2)20(27)11-17/h6-7,11-14,18,23,28H,3-5,8-10,15,26-27H2,1-2H3/t18-,23-/m0/s1. The summed E-state index contributed by atoms with van der Waals surface area (Å²) in [4.78, 5) is 17.8. The van der Waals surface area contributed by atoms with Gasteiger partial charge in [-0.05, 0) is 68.5 Å². The van der Waals surface area contributed by atoms with E-state index in [4.69, 9.17) is 16.6 Å². The number of rotatable bonds is 4. The predicted molar refractivity (Wildman–Crippen MR) is 133 cm³/mol. The Hall–Kier alpha value is -3.26. The molecule has 174 valence electrons. The summed E-state index contributed by atoms with van der Waals surface area (Å²) < 4.78 is 1.95. The number of piperidine rings is 1. The molecule has 5 rings (SSSR count). The number of amides is 1. The minimum absolute atomic E-state index is 0.00836. The van der Waals surface area contributed by atoms with Gasteiger partial charge in [-0.3, -0.25) is 4.79 Å². The van der Waals surface area contributed by atoms with Crippen molar-refractivity contribution in [3.05, 3.63) is 53.3 Å². The third-order valence-corrected chi connectivity index (χ3v) is 7.03. The zero-order valence-corrected chi connectivity index (χ0v) is 19.4. The predicted octanol–water partition coefficient (Wildman–Crippen LogP) is 3.17. The van der Waals surface area contributed by atoms with Crippen molar-refractivity contribution in [1.29, 1.82) is 0 Å². The van der Waals surface area contributed by atoms with Crippen LogP contribution in [0, 0.1) is 6.92 Å². The number of nitrogens with two attached hydrogens (primary N) is 2. The summed E-state index contributed by atoms with van der Waals surface area (Å²) in [6.07, 6.45) is 6.10. The topological polar surface area (TPSA) is 105 Å². The van der Waals surface area contributed by atoms with Gasteiger partial charge >= 0.3 is 0 Å². The maximum absolute atomic E-state index is 13.5. The highest BCUT2D eigenvalue weighted by atomic mass is 16.2. The molecule has 0 spiro atoms. The number of pyridine rings is 1. The second kappa shape index (κ2) is 8.59. The molecule has 0 bridgehead atoms. The summed E-state index contributed by atoms with van der Waals surface area (Å²) in [6.45, 7) is 4.72. The molecule has 1 aromatic carbocycles. The van der Waals surface area contributed by atoms with Crippen LogP contribution in [0.5, 0.6) is 0 Å². The Kier molecular flexibility index (Phi) is 5.62. The highest BCUT2D eigenvalue weighted by molar-refractivity contribution is 5.96. The Labute approximate surface area is 194 Å². The summed E-state index contributed by atoms with van der Waals surface area (Å²) in [5.74, 6) is 0.00836. The number of anilines is 3. The van der Waals surface area contributed by atoms with Crippen molar-refractivity contribution in [2.24, 2.45) is 5.73 Å². The maximum atomic E-state index is 13.5. The van der Waals surface area contributed by atoms with E-state index in [9.17, 15) is 4.79 Å². The van der Waals surface area contributed by atoms with E-state index in [0.717, 1.165) is 62.2 Å². The Morgan fingerprint density at radius 2 is 2.00 bits per heavy atom. The van der Waals surface area contributed by atoms with Crippen molar-refractivity contribution in [3.63, 3.8) is 0 Å². The van der Waals surface area contributed by atoms with Crippen LogP contribution in [-0.4, -0.2) is 53.1 Å². The number of nitrogens with zero attached hydrogens (tertiary/aromatic N) is 4. The fourth-order valence-electron chi connectivity index (χ4n) is 5.22. The van der Waals surface area contributed by atoms with Crippen LogP contribution in [0.4, 0.5) is 17.1 Å². The molecule has 0 unspecified atom stereocenters. The molecule has 0 aliphatic carbocycles. The third-order valence-electron chi connectivity index (χ3n) is 7.03. The average Bonchev–Trinajstić information content (AvgIpc) is 3.43. The van der Waals surface area contributed by atoms with Gasteiger partial charge < -0.3 is 26.6 Å². The van der Waals surface area contributed by atoms with Crippen LogP contribution >= 0.6 is 0 Å². The highest BCUT2D eigenvalue weighted by Gasteiger charge is 2.31. The lowest BCUT2D eigenvalue weighted by Crippen LogP contribution is -2.38. The second-order valence-electron chi connectivity index (χ2n) is 9.34. The number of hydrogen-bond acceptors (Lipinski definition) is 6. The number of benzene rings is 1. The molecular formula is C25H33N7O. The van der Waals surface area contributed by atoms with Gasteiger partial charge in [0.15, 0.2) is 0 Å². The molecule has 2 saturated heterocycles. The Balaban J connectivity index is 1.45. The zero-order valence-electron chi connectivity index (χ0n) is 19.4. The lowest BCUT2D eigenvalue weighted by Gasteiger charge is -2.35. The van der Waals surface area contributed by atoms with Crippen LogP contribution in [0.1, 0.15) is 53.3 Å². The van der Waals surface area contributed by atoms with E-state index in [1.54, 1.807) is 6.07 Å².